The first kappa shape index (κ1) is 15.4. The molecule has 110 valence electrons. The Balaban J connectivity index is 1.95. The van der Waals surface area contributed by atoms with E-state index in [1.807, 2.05) is 30.3 Å². The van der Waals surface area contributed by atoms with E-state index in [0.29, 0.717) is 35.0 Å². The predicted octanol–water partition coefficient (Wildman–Crippen LogP) is 3.71. The number of rotatable bonds is 7. The van der Waals surface area contributed by atoms with Gasteiger partial charge in [-0.15, -0.1) is 0 Å². The van der Waals surface area contributed by atoms with Gasteiger partial charge in [0.25, 0.3) is 0 Å². The molecule has 2 rings (SSSR count). The van der Waals surface area contributed by atoms with Crippen molar-refractivity contribution in [3.63, 3.8) is 0 Å². The Morgan fingerprint density at radius 3 is 2.62 bits per heavy atom. The van der Waals surface area contributed by atoms with E-state index in [4.69, 9.17) is 25.8 Å². The Bertz CT molecular complexity index is 599. The second kappa shape index (κ2) is 7.67. The van der Waals surface area contributed by atoms with E-state index in [1.54, 1.807) is 6.07 Å². The number of aldehydes is 1. The van der Waals surface area contributed by atoms with Crippen molar-refractivity contribution in [2.75, 3.05) is 13.9 Å². The minimum absolute atomic E-state index is 0.0331. The van der Waals surface area contributed by atoms with Crippen LogP contribution in [0, 0.1) is 0 Å². The first-order valence-corrected chi connectivity index (χ1v) is 6.69. The molecular formula is C16H15ClO4. The monoisotopic (exact) mass is 306 g/mol. The van der Waals surface area contributed by atoms with Crippen LogP contribution in [0.2, 0.25) is 5.02 Å². The van der Waals surface area contributed by atoms with Gasteiger partial charge in [0.15, 0.2) is 18.3 Å². The molecule has 4 nitrogen and oxygen atoms in total. The van der Waals surface area contributed by atoms with Gasteiger partial charge in [0.2, 0.25) is 0 Å². The van der Waals surface area contributed by atoms with Crippen molar-refractivity contribution in [1.82, 2.24) is 0 Å². The lowest BCUT2D eigenvalue weighted by Crippen LogP contribution is -2.05. The third kappa shape index (κ3) is 4.21. The number of benzene rings is 2. The molecule has 5 heteroatoms. The van der Waals surface area contributed by atoms with Gasteiger partial charge in [0.1, 0.15) is 6.29 Å². The van der Waals surface area contributed by atoms with Gasteiger partial charge in [-0.25, -0.2) is 0 Å². The first-order valence-electron chi connectivity index (χ1n) is 6.31. The van der Waals surface area contributed by atoms with Gasteiger partial charge in [-0.1, -0.05) is 41.9 Å². The Kier molecular flexibility index (Phi) is 5.60. The molecule has 0 heterocycles. The van der Waals surface area contributed by atoms with Gasteiger partial charge in [0.05, 0.1) is 18.7 Å². The smallest absolute Gasteiger partial charge is 0.189 e. The first-order chi connectivity index (χ1) is 10.2. The Morgan fingerprint density at radius 1 is 1.19 bits per heavy atom. The summed E-state index contributed by atoms with van der Waals surface area (Å²) in [6.07, 6.45) is 0.698. The maximum absolute atomic E-state index is 10.8. The maximum Gasteiger partial charge on any atom is 0.189 e. The molecule has 0 unspecified atom stereocenters. The molecule has 0 saturated heterocycles. The summed E-state index contributed by atoms with van der Waals surface area (Å²) >= 11 is 6.07. The van der Waals surface area contributed by atoms with E-state index in [2.05, 4.69) is 0 Å². The zero-order valence-corrected chi connectivity index (χ0v) is 12.3. The third-order valence-corrected chi connectivity index (χ3v) is 3.07. The molecule has 0 aliphatic rings. The number of hydrogen-bond acceptors (Lipinski definition) is 4. The highest BCUT2D eigenvalue weighted by atomic mass is 35.5. The van der Waals surface area contributed by atoms with Crippen molar-refractivity contribution < 1.29 is 19.0 Å². The lowest BCUT2D eigenvalue weighted by Gasteiger charge is -2.13. The molecule has 2 aromatic rings. The number of halogens is 1. The minimum atomic E-state index is 0.0331. The van der Waals surface area contributed by atoms with Crippen LogP contribution in [0.3, 0.4) is 0 Å². The van der Waals surface area contributed by atoms with E-state index in [-0.39, 0.29) is 6.79 Å². The van der Waals surface area contributed by atoms with E-state index in [1.165, 1.54) is 13.2 Å². The van der Waals surface area contributed by atoms with E-state index in [0.717, 1.165) is 5.56 Å². The van der Waals surface area contributed by atoms with Crippen LogP contribution in [0.4, 0.5) is 0 Å². The Hall–Kier alpha value is -2.04. The van der Waals surface area contributed by atoms with Crippen molar-refractivity contribution in [2.24, 2.45) is 0 Å². The zero-order chi connectivity index (χ0) is 15.1. The predicted molar refractivity (Wildman–Crippen MR) is 80.1 cm³/mol. The van der Waals surface area contributed by atoms with Crippen molar-refractivity contribution in [3.05, 3.63) is 58.6 Å². The fourth-order valence-electron chi connectivity index (χ4n) is 1.78. The fourth-order valence-corrected chi connectivity index (χ4v) is 2.06. The summed E-state index contributed by atoms with van der Waals surface area (Å²) in [5.74, 6) is 0.755. The van der Waals surface area contributed by atoms with Crippen LogP contribution < -0.4 is 9.47 Å². The molecule has 0 aliphatic carbocycles. The van der Waals surface area contributed by atoms with Gasteiger partial charge in [-0.3, -0.25) is 4.79 Å². The summed E-state index contributed by atoms with van der Waals surface area (Å²) in [6.45, 7) is 0.471. The van der Waals surface area contributed by atoms with Crippen molar-refractivity contribution >= 4 is 17.9 Å². The molecule has 0 radical (unpaired) electrons. The molecule has 0 aliphatic heterocycles. The molecule has 21 heavy (non-hydrogen) atoms. The number of hydrogen-bond donors (Lipinski definition) is 0. The fraction of sp³-hybridized carbons (Fsp3) is 0.188. The molecule has 0 spiro atoms. The second-order valence-electron chi connectivity index (χ2n) is 4.25. The SMILES string of the molecule is COc1cc(C=O)cc(Cl)c1OCOCc1ccccc1. The topological polar surface area (TPSA) is 44.8 Å². The highest BCUT2D eigenvalue weighted by Gasteiger charge is 2.11. The molecule has 0 aromatic heterocycles. The lowest BCUT2D eigenvalue weighted by atomic mass is 10.2. The van der Waals surface area contributed by atoms with Crippen LogP contribution in [0.25, 0.3) is 0 Å². The molecule has 0 saturated carbocycles. The van der Waals surface area contributed by atoms with Crippen LogP contribution in [0.5, 0.6) is 11.5 Å². The highest BCUT2D eigenvalue weighted by Crippen LogP contribution is 2.36. The summed E-state index contributed by atoms with van der Waals surface area (Å²) in [5.41, 5.74) is 1.48. The van der Waals surface area contributed by atoms with Gasteiger partial charge < -0.3 is 14.2 Å². The van der Waals surface area contributed by atoms with Crippen LogP contribution in [-0.2, 0) is 11.3 Å². The Labute approximate surface area is 128 Å². The van der Waals surface area contributed by atoms with Crippen molar-refractivity contribution in [2.45, 2.75) is 6.61 Å². The van der Waals surface area contributed by atoms with E-state index >= 15 is 0 Å². The van der Waals surface area contributed by atoms with Crippen molar-refractivity contribution in [3.8, 4) is 11.5 Å². The number of ether oxygens (including phenoxy) is 3. The summed E-state index contributed by atoms with van der Waals surface area (Å²) in [4.78, 5) is 10.8. The van der Waals surface area contributed by atoms with E-state index < -0.39 is 0 Å². The normalized spacial score (nSPS) is 10.2. The van der Waals surface area contributed by atoms with Crippen LogP contribution >= 0.6 is 11.6 Å². The number of carbonyl (C=O) groups excluding carboxylic acids is 1. The van der Waals surface area contributed by atoms with Gasteiger partial charge in [0, 0.05) is 5.56 Å². The van der Waals surface area contributed by atoms with Crippen LogP contribution in [0.1, 0.15) is 15.9 Å². The lowest BCUT2D eigenvalue weighted by molar-refractivity contribution is 0.00381. The highest BCUT2D eigenvalue weighted by molar-refractivity contribution is 6.32. The average Bonchev–Trinajstić information content (AvgIpc) is 2.53. The van der Waals surface area contributed by atoms with Crippen molar-refractivity contribution in [1.29, 1.82) is 0 Å². The quantitative estimate of drug-likeness (QED) is 0.444. The molecule has 0 N–H and O–H groups in total. The summed E-state index contributed by atoms with van der Waals surface area (Å²) in [6, 6.07) is 12.8. The standard InChI is InChI=1S/C16H15ClO4/c1-19-15-8-13(9-18)7-14(17)16(15)21-11-20-10-12-5-3-2-4-6-12/h2-9H,10-11H2,1H3. The Morgan fingerprint density at radius 2 is 1.95 bits per heavy atom. The number of carbonyl (C=O) groups is 1. The third-order valence-electron chi connectivity index (χ3n) is 2.79. The minimum Gasteiger partial charge on any atom is -0.493 e. The summed E-state index contributed by atoms with van der Waals surface area (Å²) < 4.78 is 16.1. The van der Waals surface area contributed by atoms with Crippen LogP contribution in [-0.4, -0.2) is 20.2 Å². The van der Waals surface area contributed by atoms with Crippen LogP contribution in [0.15, 0.2) is 42.5 Å². The second-order valence-corrected chi connectivity index (χ2v) is 4.66. The summed E-state index contributed by atoms with van der Waals surface area (Å²) in [5, 5.41) is 0.305. The maximum atomic E-state index is 10.8. The molecule has 0 atom stereocenters. The van der Waals surface area contributed by atoms with E-state index in [9.17, 15) is 4.79 Å². The molecule has 0 fully saturated rings. The molecule has 0 bridgehead atoms. The van der Waals surface area contributed by atoms with Gasteiger partial charge >= 0.3 is 0 Å². The largest absolute Gasteiger partial charge is 0.493 e. The molecule has 0 amide bonds. The zero-order valence-electron chi connectivity index (χ0n) is 11.5. The van der Waals surface area contributed by atoms with Gasteiger partial charge in [-0.05, 0) is 17.7 Å². The molecule has 2 aromatic carbocycles. The summed E-state index contributed by atoms with van der Waals surface area (Å²) in [7, 11) is 1.48. The molecular weight excluding hydrogens is 292 g/mol. The van der Waals surface area contributed by atoms with Gasteiger partial charge in [-0.2, -0.15) is 0 Å². The number of methoxy groups -OCH3 is 1. The average molecular weight is 307 g/mol.